The molecule has 1 aromatic rings. The zero-order chi connectivity index (χ0) is 24.4. The van der Waals surface area contributed by atoms with Crippen LogP contribution in [0.2, 0.25) is 0 Å². The summed E-state index contributed by atoms with van der Waals surface area (Å²) in [6.07, 6.45) is -15.8. The SMILES string of the molecule is CC(=O)c1ccc(O[C@@H]2O[C@H](CO)[C@@H](O)[C@H](O)[C@H]2O)c(O[C@@H]2O[C@H](CO)[C@@H](O)[C@H](O)[C@H]2O)c1. The van der Waals surface area contributed by atoms with Gasteiger partial charge in [-0.25, -0.2) is 0 Å². The molecule has 1 aromatic carbocycles. The largest absolute Gasteiger partial charge is 0.458 e. The predicted molar refractivity (Wildman–Crippen MR) is 105 cm³/mol. The standard InChI is InChI=1S/C20H28O13/c1-7(23)8-2-3-9(30-19-17(28)15(26)13(24)11(5-21)32-19)10(4-8)31-20-18(29)16(27)14(25)12(6-22)33-20/h2-4,11-22,24-29H,5-6H2,1H3/t11-,12-,13-,14-,15+,16+,17-,18-,19-,20-/m1/s1. The Bertz CT molecular complexity index is 815. The maximum absolute atomic E-state index is 11.8. The zero-order valence-electron chi connectivity index (χ0n) is 17.5. The van der Waals surface area contributed by atoms with Gasteiger partial charge in [-0.1, -0.05) is 0 Å². The highest BCUT2D eigenvalue weighted by Gasteiger charge is 2.46. The van der Waals surface area contributed by atoms with Gasteiger partial charge in [0.05, 0.1) is 13.2 Å². The molecule has 2 aliphatic heterocycles. The second-order valence-electron chi connectivity index (χ2n) is 7.85. The number of aliphatic hydroxyl groups is 8. The van der Waals surface area contributed by atoms with Crippen molar-refractivity contribution in [1.29, 1.82) is 0 Å². The Kier molecular flexibility index (Phi) is 8.23. The molecule has 0 saturated carbocycles. The van der Waals surface area contributed by atoms with Crippen LogP contribution in [-0.4, -0.2) is 121 Å². The fraction of sp³-hybridized carbons (Fsp3) is 0.650. The molecule has 2 heterocycles. The van der Waals surface area contributed by atoms with Crippen molar-refractivity contribution < 1.29 is 64.6 Å². The number of hydrogen-bond acceptors (Lipinski definition) is 13. The van der Waals surface area contributed by atoms with Crippen LogP contribution in [0.5, 0.6) is 11.5 Å². The van der Waals surface area contributed by atoms with E-state index in [2.05, 4.69) is 0 Å². The fourth-order valence-corrected chi connectivity index (χ4v) is 3.50. The molecule has 13 nitrogen and oxygen atoms in total. The van der Waals surface area contributed by atoms with E-state index < -0.39 is 74.6 Å². The Hall–Kier alpha value is -1.91. The van der Waals surface area contributed by atoms with E-state index in [9.17, 15) is 45.6 Å². The lowest BCUT2D eigenvalue weighted by Crippen LogP contribution is -2.60. The maximum Gasteiger partial charge on any atom is 0.229 e. The number of rotatable bonds is 7. The van der Waals surface area contributed by atoms with Crippen molar-refractivity contribution in [1.82, 2.24) is 0 Å². The summed E-state index contributed by atoms with van der Waals surface area (Å²) in [5.41, 5.74) is 0.163. The highest BCUT2D eigenvalue weighted by molar-refractivity contribution is 5.94. The predicted octanol–water partition coefficient (Wildman–Crippen LogP) is -3.75. The summed E-state index contributed by atoms with van der Waals surface area (Å²) in [6.45, 7) is -0.0834. The Morgan fingerprint density at radius 2 is 1.21 bits per heavy atom. The molecule has 10 atom stereocenters. The van der Waals surface area contributed by atoms with Gasteiger partial charge in [0, 0.05) is 5.56 Å². The van der Waals surface area contributed by atoms with Gasteiger partial charge in [0.2, 0.25) is 12.6 Å². The van der Waals surface area contributed by atoms with Crippen LogP contribution in [-0.2, 0) is 9.47 Å². The highest BCUT2D eigenvalue weighted by Crippen LogP contribution is 2.35. The molecule has 0 amide bonds. The Morgan fingerprint density at radius 3 is 1.64 bits per heavy atom. The minimum atomic E-state index is -1.75. The first-order chi connectivity index (χ1) is 15.6. The van der Waals surface area contributed by atoms with Gasteiger partial charge in [-0.2, -0.15) is 0 Å². The van der Waals surface area contributed by atoms with Crippen molar-refractivity contribution >= 4 is 5.78 Å². The third-order valence-electron chi connectivity index (χ3n) is 5.53. The fourth-order valence-electron chi connectivity index (χ4n) is 3.50. The number of carbonyl (C=O) groups excluding carboxylic acids is 1. The van der Waals surface area contributed by atoms with Crippen LogP contribution in [0, 0.1) is 0 Å². The lowest BCUT2D eigenvalue weighted by Gasteiger charge is -2.40. The van der Waals surface area contributed by atoms with Gasteiger partial charge in [0.25, 0.3) is 0 Å². The molecule has 0 unspecified atom stereocenters. The molecule has 186 valence electrons. The average Bonchev–Trinajstić information content (AvgIpc) is 2.80. The van der Waals surface area contributed by atoms with Gasteiger partial charge < -0.3 is 59.8 Å². The Labute approximate surface area is 187 Å². The minimum absolute atomic E-state index is 0.152. The van der Waals surface area contributed by atoms with Crippen LogP contribution in [0.3, 0.4) is 0 Å². The number of ether oxygens (including phenoxy) is 4. The maximum atomic E-state index is 11.8. The average molecular weight is 476 g/mol. The summed E-state index contributed by atoms with van der Waals surface area (Å²) in [5.74, 6) is -0.710. The summed E-state index contributed by atoms with van der Waals surface area (Å²) in [6, 6.07) is 3.86. The summed E-state index contributed by atoms with van der Waals surface area (Å²) < 4.78 is 21.8. The molecule has 2 saturated heterocycles. The van der Waals surface area contributed by atoms with E-state index >= 15 is 0 Å². The van der Waals surface area contributed by atoms with Crippen molar-refractivity contribution in [3.63, 3.8) is 0 Å². The van der Waals surface area contributed by atoms with Crippen molar-refractivity contribution in [3.8, 4) is 11.5 Å². The van der Waals surface area contributed by atoms with Gasteiger partial charge in [0.15, 0.2) is 17.3 Å². The van der Waals surface area contributed by atoms with Gasteiger partial charge in [-0.05, 0) is 25.1 Å². The molecular weight excluding hydrogens is 448 g/mol. The van der Waals surface area contributed by atoms with E-state index in [0.717, 1.165) is 0 Å². The molecule has 33 heavy (non-hydrogen) atoms. The van der Waals surface area contributed by atoms with E-state index in [1.807, 2.05) is 0 Å². The molecule has 13 heteroatoms. The van der Waals surface area contributed by atoms with Crippen molar-refractivity contribution in [2.45, 2.75) is 68.3 Å². The van der Waals surface area contributed by atoms with Gasteiger partial charge in [-0.15, -0.1) is 0 Å². The zero-order valence-corrected chi connectivity index (χ0v) is 17.5. The van der Waals surface area contributed by atoms with Gasteiger partial charge in [0.1, 0.15) is 48.8 Å². The molecule has 2 fully saturated rings. The van der Waals surface area contributed by atoms with Gasteiger partial charge >= 0.3 is 0 Å². The normalized spacial score (nSPS) is 39.2. The number of benzene rings is 1. The number of carbonyl (C=O) groups is 1. The summed E-state index contributed by atoms with van der Waals surface area (Å²) in [7, 11) is 0. The summed E-state index contributed by atoms with van der Waals surface area (Å²) >= 11 is 0. The second-order valence-corrected chi connectivity index (χ2v) is 7.85. The lowest BCUT2D eigenvalue weighted by atomic mass is 9.99. The van der Waals surface area contributed by atoms with E-state index in [4.69, 9.17) is 18.9 Å². The quantitative estimate of drug-likeness (QED) is 0.178. The molecule has 3 rings (SSSR count). The van der Waals surface area contributed by atoms with Crippen molar-refractivity contribution in [3.05, 3.63) is 23.8 Å². The summed E-state index contributed by atoms with van der Waals surface area (Å²) in [4.78, 5) is 11.8. The van der Waals surface area contributed by atoms with Gasteiger partial charge in [-0.3, -0.25) is 4.79 Å². The van der Waals surface area contributed by atoms with Crippen LogP contribution in [0.1, 0.15) is 17.3 Å². The molecule has 0 spiro atoms. The molecule has 0 radical (unpaired) electrons. The molecule has 0 aromatic heterocycles. The van der Waals surface area contributed by atoms with E-state index in [0.29, 0.717) is 0 Å². The van der Waals surface area contributed by atoms with E-state index in [1.54, 1.807) is 0 Å². The molecule has 0 aliphatic carbocycles. The molecule has 8 N–H and O–H groups in total. The second kappa shape index (κ2) is 10.6. The van der Waals surface area contributed by atoms with Crippen molar-refractivity contribution in [2.24, 2.45) is 0 Å². The van der Waals surface area contributed by atoms with Crippen LogP contribution in [0.25, 0.3) is 0 Å². The minimum Gasteiger partial charge on any atom is -0.458 e. The third-order valence-corrected chi connectivity index (χ3v) is 5.53. The summed E-state index contributed by atoms with van der Waals surface area (Å²) in [5, 5.41) is 78.9. The molecule has 0 bridgehead atoms. The first kappa shape index (κ1) is 25.7. The van der Waals surface area contributed by atoms with Crippen molar-refractivity contribution in [2.75, 3.05) is 13.2 Å². The monoisotopic (exact) mass is 476 g/mol. The Balaban J connectivity index is 1.88. The topological polar surface area (TPSA) is 216 Å². The van der Waals surface area contributed by atoms with Crippen LogP contribution in [0.15, 0.2) is 18.2 Å². The lowest BCUT2D eigenvalue weighted by molar-refractivity contribution is -0.282. The van der Waals surface area contributed by atoms with Crippen LogP contribution in [0.4, 0.5) is 0 Å². The van der Waals surface area contributed by atoms with E-state index in [1.165, 1.54) is 25.1 Å². The number of hydrogen-bond donors (Lipinski definition) is 8. The molecule has 2 aliphatic rings. The third kappa shape index (κ3) is 5.27. The number of Topliss-reactive ketones (excluding diaryl/α,β-unsaturated/α-hetero) is 1. The van der Waals surface area contributed by atoms with Crippen LogP contribution < -0.4 is 9.47 Å². The first-order valence-corrected chi connectivity index (χ1v) is 10.2. The molecular formula is C20H28O13. The van der Waals surface area contributed by atoms with Crippen LogP contribution >= 0.6 is 0 Å². The Morgan fingerprint density at radius 1 is 0.758 bits per heavy atom. The first-order valence-electron chi connectivity index (χ1n) is 10.2. The van der Waals surface area contributed by atoms with E-state index in [-0.39, 0.29) is 22.8 Å². The highest BCUT2D eigenvalue weighted by atomic mass is 16.7. The smallest absolute Gasteiger partial charge is 0.229 e. The number of aliphatic hydroxyl groups excluding tert-OH is 8. The number of ketones is 1.